The van der Waals surface area contributed by atoms with Gasteiger partial charge in [0.05, 0.1) is 5.25 Å². The fraction of sp³-hybridized carbons (Fsp3) is 0.462. The molecule has 1 atom stereocenters. The molecular weight excluding hydrogens is 218 g/mol. The molecule has 0 heterocycles. The molecule has 0 fully saturated rings. The Balaban J connectivity index is 2.29. The van der Waals surface area contributed by atoms with Crippen molar-refractivity contribution in [1.29, 1.82) is 0 Å². The van der Waals surface area contributed by atoms with Gasteiger partial charge in [-0.25, -0.2) is 0 Å². The largest absolute Gasteiger partial charge is 0.355 e. The highest BCUT2D eigenvalue weighted by Crippen LogP contribution is 2.17. The lowest BCUT2D eigenvalue weighted by Crippen LogP contribution is -2.31. The summed E-state index contributed by atoms with van der Waals surface area (Å²) in [6, 6.07) is 10.2. The highest BCUT2D eigenvalue weighted by Gasteiger charge is 2.11. The average molecular weight is 237 g/mol. The van der Waals surface area contributed by atoms with E-state index in [1.807, 2.05) is 25.1 Å². The molecule has 0 saturated carbocycles. The molecule has 1 aromatic carbocycles. The van der Waals surface area contributed by atoms with E-state index in [4.69, 9.17) is 0 Å². The maximum atomic E-state index is 11.6. The molecule has 2 nitrogen and oxygen atoms in total. The van der Waals surface area contributed by atoms with Gasteiger partial charge in [-0.2, -0.15) is 0 Å². The summed E-state index contributed by atoms with van der Waals surface area (Å²) in [5.74, 6) is 1.03. The molecule has 0 bridgehead atoms. The summed E-state index contributed by atoms with van der Waals surface area (Å²) in [7, 11) is 0. The zero-order valence-corrected chi connectivity index (χ0v) is 10.7. The van der Waals surface area contributed by atoms with Crippen molar-refractivity contribution in [1.82, 2.24) is 5.32 Å². The third-order valence-corrected chi connectivity index (χ3v) is 3.48. The number of hydrogen-bond donors (Lipinski definition) is 1. The predicted molar refractivity (Wildman–Crippen MR) is 70.5 cm³/mol. The quantitative estimate of drug-likeness (QED) is 0.824. The van der Waals surface area contributed by atoms with E-state index in [0.29, 0.717) is 0 Å². The highest BCUT2D eigenvalue weighted by molar-refractivity contribution is 7.99. The van der Waals surface area contributed by atoms with Crippen molar-refractivity contribution in [3.63, 3.8) is 0 Å². The van der Waals surface area contributed by atoms with Crippen LogP contribution in [-0.2, 0) is 10.5 Å². The monoisotopic (exact) mass is 237 g/mol. The first-order valence-electron chi connectivity index (χ1n) is 5.67. The molecule has 1 aromatic rings. The van der Waals surface area contributed by atoms with Crippen LogP contribution in [0.2, 0.25) is 0 Å². The van der Waals surface area contributed by atoms with Crippen molar-refractivity contribution < 1.29 is 4.79 Å². The van der Waals surface area contributed by atoms with E-state index in [1.54, 1.807) is 11.8 Å². The van der Waals surface area contributed by atoms with Crippen molar-refractivity contribution in [2.75, 3.05) is 6.54 Å². The van der Waals surface area contributed by atoms with Gasteiger partial charge in [0.15, 0.2) is 0 Å². The number of amides is 1. The second-order valence-corrected chi connectivity index (χ2v) is 5.06. The first-order chi connectivity index (χ1) is 7.74. The molecule has 1 rings (SSSR count). The van der Waals surface area contributed by atoms with Gasteiger partial charge in [-0.1, -0.05) is 37.3 Å². The fourth-order valence-electron chi connectivity index (χ4n) is 1.26. The van der Waals surface area contributed by atoms with Crippen LogP contribution in [0.3, 0.4) is 0 Å². The van der Waals surface area contributed by atoms with Gasteiger partial charge in [-0.15, -0.1) is 11.8 Å². The van der Waals surface area contributed by atoms with Gasteiger partial charge in [0.25, 0.3) is 0 Å². The maximum Gasteiger partial charge on any atom is 0.232 e. The lowest BCUT2D eigenvalue weighted by Gasteiger charge is -2.11. The second kappa shape index (κ2) is 7.34. The van der Waals surface area contributed by atoms with E-state index >= 15 is 0 Å². The van der Waals surface area contributed by atoms with Crippen LogP contribution in [0.15, 0.2) is 30.3 Å². The van der Waals surface area contributed by atoms with E-state index in [9.17, 15) is 4.79 Å². The molecule has 0 aliphatic rings. The van der Waals surface area contributed by atoms with Gasteiger partial charge in [0, 0.05) is 12.3 Å². The van der Waals surface area contributed by atoms with Crippen molar-refractivity contribution in [2.24, 2.45) is 0 Å². The lowest BCUT2D eigenvalue weighted by atomic mass is 10.2. The van der Waals surface area contributed by atoms with Crippen LogP contribution in [-0.4, -0.2) is 17.7 Å². The molecule has 0 unspecified atom stereocenters. The topological polar surface area (TPSA) is 29.1 Å². The van der Waals surface area contributed by atoms with Crippen LogP contribution < -0.4 is 5.32 Å². The van der Waals surface area contributed by atoms with Crippen LogP contribution in [0.1, 0.15) is 25.8 Å². The Labute approximate surface area is 102 Å². The van der Waals surface area contributed by atoms with Crippen LogP contribution >= 0.6 is 11.8 Å². The second-order valence-electron chi connectivity index (χ2n) is 3.73. The zero-order chi connectivity index (χ0) is 11.8. The minimum atomic E-state index is 0.0201. The number of nitrogens with one attached hydrogen (secondary N) is 1. The van der Waals surface area contributed by atoms with E-state index in [-0.39, 0.29) is 11.2 Å². The smallest absolute Gasteiger partial charge is 0.232 e. The average Bonchev–Trinajstić information content (AvgIpc) is 2.34. The fourth-order valence-corrected chi connectivity index (χ4v) is 2.13. The molecule has 1 amide bonds. The molecule has 3 heteroatoms. The molecular formula is C13H19NOS. The van der Waals surface area contributed by atoms with E-state index in [2.05, 4.69) is 24.4 Å². The summed E-state index contributed by atoms with van der Waals surface area (Å²) in [6.45, 7) is 4.79. The molecule has 88 valence electrons. The number of rotatable bonds is 6. The lowest BCUT2D eigenvalue weighted by molar-refractivity contribution is -0.120. The van der Waals surface area contributed by atoms with Crippen LogP contribution in [0.5, 0.6) is 0 Å². The third kappa shape index (κ3) is 4.71. The number of carbonyl (C=O) groups excluding carboxylic acids is 1. The third-order valence-electron chi connectivity index (χ3n) is 2.26. The maximum absolute atomic E-state index is 11.6. The molecule has 0 radical (unpaired) electrons. The Morgan fingerprint density at radius 2 is 2.06 bits per heavy atom. The number of hydrogen-bond acceptors (Lipinski definition) is 2. The number of thioether (sulfide) groups is 1. The Bertz CT molecular complexity index is 313. The summed E-state index contributed by atoms with van der Waals surface area (Å²) in [4.78, 5) is 11.6. The number of carbonyl (C=O) groups is 1. The van der Waals surface area contributed by atoms with Crippen molar-refractivity contribution in [3.05, 3.63) is 35.9 Å². The molecule has 0 spiro atoms. The molecule has 0 aliphatic carbocycles. The SMILES string of the molecule is CCCNC(=O)[C@@H](C)SCc1ccccc1. The summed E-state index contributed by atoms with van der Waals surface area (Å²) >= 11 is 1.68. The van der Waals surface area contributed by atoms with E-state index in [0.717, 1.165) is 18.7 Å². The first-order valence-corrected chi connectivity index (χ1v) is 6.72. The number of benzene rings is 1. The minimum Gasteiger partial charge on any atom is -0.355 e. The Kier molecular flexibility index (Phi) is 6.01. The van der Waals surface area contributed by atoms with E-state index in [1.165, 1.54) is 5.56 Å². The zero-order valence-electron chi connectivity index (χ0n) is 9.90. The van der Waals surface area contributed by atoms with Crippen LogP contribution in [0, 0.1) is 0 Å². The molecule has 1 N–H and O–H groups in total. The van der Waals surface area contributed by atoms with Crippen molar-refractivity contribution in [3.8, 4) is 0 Å². The van der Waals surface area contributed by atoms with Crippen molar-refractivity contribution in [2.45, 2.75) is 31.3 Å². The predicted octanol–water partition coefficient (Wildman–Crippen LogP) is 2.83. The minimum absolute atomic E-state index is 0.0201. The highest BCUT2D eigenvalue weighted by atomic mass is 32.2. The summed E-state index contributed by atoms with van der Waals surface area (Å²) < 4.78 is 0. The van der Waals surface area contributed by atoms with Gasteiger partial charge in [-0.05, 0) is 18.9 Å². The van der Waals surface area contributed by atoms with Crippen LogP contribution in [0.25, 0.3) is 0 Å². The van der Waals surface area contributed by atoms with Gasteiger partial charge in [0.1, 0.15) is 0 Å². The summed E-state index contributed by atoms with van der Waals surface area (Å²) in [5.41, 5.74) is 1.27. The summed E-state index contributed by atoms with van der Waals surface area (Å²) in [5, 5.41) is 2.93. The molecule has 0 saturated heterocycles. The molecule has 0 aliphatic heterocycles. The molecule has 16 heavy (non-hydrogen) atoms. The van der Waals surface area contributed by atoms with Gasteiger partial charge in [-0.3, -0.25) is 4.79 Å². The van der Waals surface area contributed by atoms with Crippen molar-refractivity contribution >= 4 is 17.7 Å². The first kappa shape index (κ1) is 13.1. The Morgan fingerprint density at radius 1 is 1.38 bits per heavy atom. The standard InChI is InChI=1S/C13H19NOS/c1-3-9-14-13(15)11(2)16-10-12-7-5-4-6-8-12/h4-8,11H,3,9-10H2,1-2H3,(H,14,15)/t11-/m1/s1. The summed E-state index contributed by atoms with van der Waals surface area (Å²) in [6.07, 6.45) is 0.988. The normalized spacial score (nSPS) is 12.1. The molecule has 0 aromatic heterocycles. The van der Waals surface area contributed by atoms with Crippen LogP contribution in [0.4, 0.5) is 0 Å². The van der Waals surface area contributed by atoms with E-state index < -0.39 is 0 Å². The van der Waals surface area contributed by atoms with Gasteiger partial charge < -0.3 is 5.32 Å². The van der Waals surface area contributed by atoms with Gasteiger partial charge in [0.2, 0.25) is 5.91 Å². The van der Waals surface area contributed by atoms with Gasteiger partial charge >= 0.3 is 0 Å². The Hall–Kier alpha value is -0.960. The Morgan fingerprint density at radius 3 is 2.69 bits per heavy atom.